The molecular formula is C19H21ClN4O4S. The smallest absolute Gasteiger partial charge is 0.272 e. The van der Waals surface area contributed by atoms with Crippen molar-refractivity contribution in [1.29, 1.82) is 0 Å². The number of fused-ring (bicyclic) bond motifs is 1. The van der Waals surface area contributed by atoms with Crippen molar-refractivity contribution in [2.75, 3.05) is 18.1 Å². The molecule has 10 heteroatoms. The topological polar surface area (TPSA) is 101 Å². The van der Waals surface area contributed by atoms with Crippen molar-refractivity contribution < 1.29 is 18.0 Å². The summed E-state index contributed by atoms with van der Waals surface area (Å²) < 4.78 is 24.7. The minimum absolute atomic E-state index is 0.0555. The van der Waals surface area contributed by atoms with E-state index in [0.717, 1.165) is 12.0 Å². The van der Waals surface area contributed by atoms with Crippen LogP contribution >= 0.6 is 11.6 Å². The maximum Gasteiger partial charge on any atom is 0.272 e. The molecule has 154 valence electrons. The first-order valence-electron chi connectivity index (χ1n) is 9.43. The van der Waals surface area contributed by atoms with Crippen LogP contribution in [0.2, 0.25) is 5.02 Å². The molecule has 2 amide bonds. The number of carbonyl (C=O) groups is 2. The van der Waals surface area contributed by atoms with Gasteiger partial charge in [0.05, 0.1) is 11.5 Å². The minimum atomic E-state index is -3.09. The van der Waals surface area contributed by atoms with Gasteiger partial charge in [-0.05, 0) is 30.5 Å². The number of carbonyl (C=O) groups excluding carboxylic acids is 2. The highest BCUT2D eigenvalue weighted by Crippen LogP contribution is 2.18. The number of aryl methyl sites for hydroxylation is 1. The first-order valence-corrected chi connectivity index (χ1v) is 11.6. The molecule has 1 atom stereocenters. The maximum atomic E-state index is 13.0. The van der Waals surface area contributed by atoms with Crippen LogP contribution in [0.4, 0.5) is 0 Å². The highest BCUT2D eigenvalue weighted by Gasteiger charge is 2.31. The van der Waals surface area contributed by atoms with Crippen LogP contribution in [-0.4, -0.2) is 59.0 Å². The molecule has 2 aliphatic heterocycles. The molecule has 1 fully saturated rings. The van der Waals surface area contributed by atoms with E-state index in [-0.39, 0.29) is 23.1 Å². The normalized spacial score (nSPS) is 20.9. The monoisotopic (exact) mass is 436 g/mol. The highest BCUT2D eigenvalue weighted by molar-refractivity contribution is 7.91. The first kappa shape index (κ1) is 19.9. The molecule has 8 nitrogen and oxygen atoms in total. The molecule has 1 saturated heterocycles. The van der Waals surface area contributed by atoms with Crippen LogP contribution in [0.25, 0.3) is 0 Å². The second kappa shape index (κ2) is 7.79. The van der Waals surface area contributed by atoms with Gasteiger partial charge in [0.15, 0.2) is 15.5 Å². The number of hydrogen-bond acceptors (Lipinski definition) is 5. The maximum absolute atomic E-state index is 13.0. The van der Waals surface area contributed by atoms with Crippen molar-refractivity contribution in [3.63, 3.8) is 0 Å². The number of aromatic nitrogens is 2. The van der Waals surface area contributed by atoms with E-state index in [1.165, 1.54) is 6.07 Å². The summed E-state index contributed by atoms with van der Waals surface area (Å²) in [6, 6.07) is 8.41. The molecule has 2 aromatic rings. The van der Waals surface area contributed by atoms with Crippen LogP contribution in [0.5, 0.6) is 0 Å². The van der Waals surface area contributed by atoms with Gasteiger partial charge in [0.2, 0.25) is 0 Å². The summed E-state index contributed by atoms with van der Waals surface area (Å²) in [6.45, 7) is 1.57. The molecule has 4 rings (SSSR count). The van der Waals surface area contributed by atoms with Gasteiger partial charge < -0.3 is 10.2 Å². The molecule has 0 bridgehead atoms. The van der Waals surface area contributed by atoms with E-state index in [4.69, 9.17) is 11.6 Å². The molecular weight excluding hydrogens is 416 g/mol. The largest absolute Gasteiger partial charge is 0.347 e. The van der Waals surface area contributed by atoms with E-state index >= 15 is 0 Å². The Morgan fingerprint density at radius 2 is 2.00 bits per heavy atom. The van der Waals surface area contributed by atoms with E-state index in [2.05, 4.69) is 10.4 Å². The zero-order valence-corrected chi connectivity index (χ0v) is 17.2. The number of benzene rings is 1. The van der Waals surface area contributed by atoms with Gasteiger partial charge in [-0.2, -0.15) is 5.10 Å². The molecule has 0 saturated carbocycles. The quantitative estimate of drug-likeness (QED) is 0.782. The van der Waals surface area contributed by atoms with Crippen LogP contribution in [0.1, 0.15) is 39.4 Å². The summed E-state index contributed by atoms with van der Waals surface area (Å²) in [5, 5.41) is 7.64. The lowest BCUT2D eigenvalue weighted by Gasteiger charge is -2.20. The van der Waals surface area contributed by atoms with Crippen molar-refractivity contribution >= 4 is 33.3 Å². The predicted octanol–water partition coefficient (Wildman–Crippen LogP) is 1.50. The number of halogens is 1. The number of rotatable bonds is 4. The molecule has 0 aliphatic carbocycles. The van der Waals surface area contributed by atoms with Gasteiger partial charge in [0.1, 0.15) is 5.69 Å². The molecule has 3 heterocycles. The van der Waals surface area contributed by atoms with Gasteiger partial charge in [0, 0.05) is 36.8 Å². The second-order valence-corrected chi connectivity index (χ2v) is 10.1. The van der Waals surface area contributed by atoms with Crippen LogP contribution in [-0.2, 0) is 22.9 Å². The summed E-state index contributed by atoms with van der Waals surface area (Å²) >= 11 is 5.92. The van der Waals surface area contributed by atoms with Crippen LogP contribution < -0.4 is 5.32 Å². The summed E-state index contributed by atoms with van der Waals surface area (Å²) in [4.78, 5) is 27.2. The number of amides is 2. The van der Waals surface area contributed by atoms with E-state index in [0.29, 0.717) is 36.8 Å². The number of sulfone groups is 1. The Bertz CT molecular complexity index is 1050. The fourth-order valence-electron chi connectivity index (χ4n) is 3.67. The van der Waals surface area contributed by atoms with Crippen LogP contribution in [0.3, 0.4) is 0 Å². The van der Waals surface area contributed by atoms with E-state index in [1.54, 1.807) is 21.7 Å². The van der Waals surface area contributed by atoms with Crippen molar-refractivity contribution in [2.24, 2.45) is 0 Å². The third-order valence-corrected chi connectivity index (χ3v) is 7.19. The van der Waals surface area contributed by atoms with Gasteiger partial charge in [-0.3, -0.25) is 14.3 Å². The zero-order chi connectivity index (χ0) is 20.6. The lowest BCUT2D eigenvalue weighted by atomic mass is 10.2. The minimum Gasteiger partial charge on any atom is -0.347 e. The molecule has 0 spiro atoms. The van der Waals surface area contributed by atoms with Crippen molar-refractivity contribution in [2.45, 2.75) is 32.0 Å². The lowest BCUT2D eigenvalue weighted by molar-refractivity contribution is 0.0745. The summed E-state index contributed by atoms with van der Waals surface area (Å²) in [7, 11) is -3.09. The first-order chi connectivity index (χ1) is 13.8. The summed E-state index contributed by atoms with van der Waals surface area (Å²) in [5.41, 5.74) is 1.46. The third kappa shape index (κ3) is 4.45. The number of hydrogen-bond donors (Lipinski definition) is 1. The fraction of sp³-hybridized carbons (Fsp3) is 0.421. The highest BCUT2D eigenvalue weighted by atomic mass is 35.5. The Morgan fingerprint density at radius 1 is 1.24 bits per heavy atom. The van der Waals surface area contributed by atoms with E-state index < -0.39 is 21.8 Å². The van der Waals surface area contributed by atoms with Gasteiger partial charge >= 0.3 is 0 Å². The van der Waals surface area contributed by atoms with Crippen LogP contribution in [0, 0.1) is 0 Å². The average molecular weight is 437 g/mol. The summed E-state index contributed by atoms with van der Waals surface area (Å²) in [5.74, 6) is -0.618. The van der Waals surface area contributed by atoms with E-state index in [1.807, 2.05) is 12.1 Å². The van der Waals surface area contributed by atoms with Crippen molar-refractivity contribution in [1.82, 2.24) is 20.0 Å². The Kier molecular flexibility index (Phi) is 5.35. The Morgan fingerprint density at radius 3 is 2.69 bits per heavy atom. The molecule has 1 unspecified atom stereocenters. The van der Waals surface area contributed by atoms with Gasteiger partial charge in [-0.15, -0.1) is 0 Å². The standard InChI is InChI=1S/C19H21ClN4O4S/c20-14-4-2-13(3-5-14)11-23-7-1-8-24-17(19(23)26)10-16(22-24)18(25)21-15-6-9-29(27,28)12-15/h2-5,10,15H,1,6-9,11-12H2,(H,21,25). The molecule has 2 aliphatic rings. The van der Waals surface area contributed by atoms with Gasteiger partial charge in [-0.1, -0.05) is 23.7 Å². The molecule has 1 aromatic carbocycles. The van der Waals surface area contributed by atoms with Gasteiger partial charge in [0.25, 0.3) is 11.8 Å². The Labute approximate surface area is 173 Å². The Hall–Kier alpha value is -2.39. The summed E-state index contributed by atoms with van der Waals surface area (Å²) in [6.07, 6.45) is 1.12. The van der Waals surface area contributed by atoms with Crippen molar-refractivity contribution in [3.8, 4) is 0 Å². The molecule has 1 aromatic heterocycles. The molecule has 1 N–H and O–H groups in total. The second-order valence-electron chi connectivity index (χ2n) is 7.42. The Balaban J connectivity index is 1.48. The molecule has 0 radical (unpaired) electrons. The zero-order valence-electron chi connectivity index (χ0n) is 15.7. The average Bonchev–Trinajstić information content (AvgIpc) is 3.21. The molecule has 29 heavy (non-hydrogen) atoms. The third-order valence-electron chi connectivity index (χ3n) is 5.17. The van der Waals surface area contributed by atoms with E-state index in [9.17, 15) is 18.0 Å². The number of nitrogens with zero attached hydrogens (tertiary/aromatic N) is 3. The van der Waals surface area contributed by atoms with Crippen LogP contribution in [0.15, 0.2) is 30.3 Å². The van der Waals surface area contributed by atoms with Crippen molar-refractivity contribution in [3.05, 3.63) is 52.3 Å². The SMILES string of the molecule is O=C(NC1CCS(=O)(=O)C1)c1cc2n(n1)CCCN(Cc1ccc(Cl)cc1)C2=O. The van der Waals surface area contributed by atoms with Gasteiger partial charge in [-0.25, -0.2) is 8.42 Å². The number of nitrogens with one attached hydrogen (secondary N) is 1. The fourth-order valence-corrected chi connectivity index (χ4v) is 5.47. The lowest BCUT2D eigenvalue weighted by Crippen LogP contribution is -2.36. The predicted molar refractivity (Wildman–Crippen MR) is 108 cm³/mol.